The lowest BCUT2D eigenvalue weighted by Crippen LogP contribution is -1.96. The third kappa shape index (κ3) is 3.82. The number of pyridine rings is 1. The van der Waals surface area contributed by atoms with Crippen molar-refractivity contribution >= 4 is 20.7 Å². The maximum absolute atomic E-state index is 11.6. The van der Waals surface area contributed by atoms with E-state index in [-0.39, 0.29) is 4.90 Å². The minimum Gasteiger partial charge on any atom is -0.457 e. The Labute approximate surface area is 168 Å². The summed E-state index contributed by atoms with van der Waals surface area (Å²) in [5.41, 5.74) is 3.07. The molecule has 0 aliphatic carbocycles. The molecular formula is C23H16N2O3S. The highest BCUT2D eigenvalue weighted by Gasteiger charge is 2.10. The van der Waals surface area contributed by atoms with Gasteiger partial charge in [0.1, 0.15) is 17.6 Å². The van der Waals surface area contributed by atoms with E-state index >= 15 is 0 Å². The number of benzene rings is 3. The Hall–Kier alpha value is -3.69. The van der Waals surface area contributed by atoms with Crippen LogP contribution in [0.3, 0.4) is 0 Å². The Morgan fingerprint density at radius 1 is 0.931 bits per heavy atom. The molecule has 0 saturated carbocycles. The maximum Gasteiger partial charge on any atom is 0.175 e. The smallest absolute Gasteiger partial charge is 0.175 e. The number of ether oxygens (including phenoxy) is 1. The van der Waals surface area contributed by atoms with Crippen LogP contribution in [-0.4, -0.2) is 19.7 Å². The van der Waals surface area contributed by atoms with Gasteiger partial charge in [0.25, 0.3) is 0 Å². The first-order valence-electron chi connectivity index (χ1n) is 8.82. The Kier molecular flexibility index (Phi) is 4.75. The molecule has 0 spiro atoms. The standard InChI is InChI=1S/C23H16N2O3S/c1-29(26,27)20-10-8-18(9-11-20)28-19-6-2-4-16(14-19)21-12-13-25-23-17(15-24)5-3-7-22(21)23/h2-14H,1H3. The molecule has 0 bridgehead atoms. The molecule has 3 aromatic carbocycles. The SMILES string of the molecule is CS(=O)(=O)c1ccc(Oc2cccc(-c3ccnc4c(C#N)cccc34)c2)cc1. The monoisotopic (exact) mass is 400 g/mol. The molecule has 1 aromatic heterocycles. The van der Waals surface area contributed by atoms with Gasteiger partial charge < -0.3 is 4.74 Å². The van der Waals surface area contributed by atoms with Gasteiger partial charge in [-0.2, -0.15) is 5.26 Å². The van der Waals surface area contributed by atoms with Crippen LogP contribution in [0.25, 0.3) is 22.0 Å². The van der Waals surface area contributed by atoms with Crippen molar-refractivity contribution in [3.8, 4) is 28.7 Å². The normalized spacial score (nSPS) is 11.2. The van der Waals surface area contributed by atoms with E-state index in [9.17, 15) is 13.7 Å². The molecule has 0 aliphatic rings. The van der Waals surface area contributed by atoms with Crippen molar-refractivity contribution in [1.82, 2.24) is 4.98 Å². The third-order valence-electron chi connectivity index (χ3n) is 4.52. The molecule has 5 nitrogen and oxygen atoms in total. The van der Waals surface area contributed by atoms with Gasteiger partial charge >= 0.3 is 0 Å². The summed E-state index contributed by atoms with van der Waals surface area (Å²) in [6.07, 6.45) is 2.86. The summed E-state index contributed by atoms with van der Waals surface area (Å²) >= 11 is 0. The van der Waals surface area contributed by atoms with Crippen molar-refractivity contribution in [2.45, 2.75) is 4.90 Å². The van der Waals surface area contributed by atoms with E-state index in [2.05, 4.69) is 11.1 Å². The minimum absolute atomic E-state index is 0.246. The largest absolute Gasteiger partial charge is 0.457 e. The molecule has 0 aliphatic heterocycles. The fourth-order valence-electron chi connectivity index (χ4n) is 3.14. The summed E-state index contributed by atoms with van der Waals surface area (Å²) in [6.45, 7) is 0. The molecular weight excluding hydrogens is 384 g/mol. The number of nitriles is 1. The first-order valence-corrected chi connectivity index (χ1v) is 10.7. The molecule has 0 radical (unpaired) electrons. The van der Waals surface area contributed by atoms with Gasteiger partial charge in [-0.25, -0.2) is 8.42 Å². The fraction of sp³-hybridized carbons (Fsp3) is 0.0435. The zero-order valence-electron chi connectivity index (χ0n) is 15.5. The predicted octanol–water partition coefficient (Wildman–Crippen LogP) is 4.97. The van der Waals surface area contributed by atoms with Crippen molar-refractivity contribution in [3.05, 3.63) is 84.6 Å². The second kappa shape index (κ2) is 7.38. The number of nitrogens with zero attached hydrogens (tertiary/aromatic N) is 2. The lowest BCUT2D eigenvalue weighted by atomic mass is 9.99. The number of rotatable bonds is 4. The number of sulfone groups is 1. The van der Waals surface area contributed by atoms with Crippen LogP contribution < -0.4 is 4.74 Å². The lowest BCUT2D eigenvalue weighted by Gasteiger charge is -2.10. The number of hydrogen-bond acceptors (Lipinski definition) is 5. The van der Waals surface area contributed by atoms with Gasteiger partial charge in [0.05, 0.1) is 16.0 Å². The van der Waals surface area contributed by atoms with Crippen molar-refractivity contribution < 1.29 is 13.2 Å². The number of aromatic nitrogens is 1. The van der Waals surface area contributed by atoms with Crippen LogP contribution in [0, 0.1) is 11.3 Å². The zero-order chi connectivity index (χ0) is 20.4. The summed E-state index contributed by atoms with van der Waals surface area (Å²) < 4.78 is 29.1. The summed E-state index contributed by atoms with van der Waals surface area (Å²) in [7, 11) is -3.25. The third-order valence-corrected chi connectivity index (χ3v) is 5.65. The molecule has 29 heavy (non-hydrogen) atoms. The topological polar surface area (TPSA) is 80.1 Å². The molecule has 142 valence electrons. The predicted molar refractivity (Wildman–Crippen MR) is 112 cm³/mol. The van der Waals surface area contributed by atoms with Gasteiger partial charge in [0.2, 0.25) is 0 Å². The van der Waals surface area contributed by atoms with E-state index in [1.54, 1.807) is 24.4 Å². The Morgan fingerprint density at radius 2 is 1.69 bits per heavy atom. The lowest BCUT2D eigenvalue weighted by molar-refractivity contribution is 0.482. The van der Waals surface area contributed by atoms with Crippen LogP contribution in [0.4, 0.5) is 0 Å². The Bertz CT molecular complexity index is 1360. The summed E-state index contributed by atoms with van der Waals surface area (Å²) in [5.74, 6) is 1.16. The molecule has 1 heterocycles. The Balaban J connectivity index is 1.70. The molecule has 4 aromatic rings. The van der Waals surface area contributed by atoms with Crippen LogP contribution in [-0.2, 0) is 9.84 Å². The average molecular weight is 400 g/mol. The van der Waals surface area contributed by atoms with Gasteiger partial charge in [-0.05, 0) is 59.7 Å². The van der Waals surface area contributed by atoms with Crippen molar-refractivity contribution in [2.24, 2.45) is 0 Å². The second-order valence-electron chi connectivity index (χ2n) is 6.55. The molecule has 4 rings (SSSR count). The summed E-state index contributed by atoms with van der Waals surface area (Å²) in [4.78, 5) is 4.60. The molecule has 0 fully saturated rings. The van der Waals surface area contributed by atoms with E-state index in [1.165, 1.54) is 18.4 Å². The average Bonchev–Trinajstić information content (AvgIpc) is 2.73. The van der Waals surface area contributed by atoms with Crippen LogP contribution in [0.1, 0.15) is 5.56 Å². The zero-order valence-corrected chi connectivity index (χ0v) is 16.3. The number of hydrogen-bond donors (Lipinski definition) is 0. The van der Waals surface area contributed by atoms with E-state index in [0.717, 1.165) is 16.5 Å². The molecule has 0 saturated heterocycles. The van der Waals surface area contributed by atoms with E-state index in [0.29, 0.717) is 22.6 Å². The van der Waals surface area contributed by atoms with Crippen LogP contribution >= 0.6 is 0 Å². The van der Waals surface area contributed by atoms with Crippen molar-refractivity contribution in [3.63, 3.8) is 0 Å². The highest BCUT2D eigenvalue weighted by atomic mass is 32.2. The summed E-state index contributed by atoms with van der Waals surface area (Å²) in [6, 6.07) is 23.5. The van der Waals surface area contributed by atoms with E-state index < -0.39 is 9.84 Å². The first kappa shape index (κ1) is 18.7. The van der Waals surface area contributed by atoms with Gasteiger partial charge in [-0.1, -0.05) is 24.3 Å². The number of fused-ring (bicyclic) bond motifs is 1. The van der Waals surface area contributed by atoms with E-state index in [4.69, 9.17) is 4.74 Å². The highest BCUT2D eigenvalue weighted by molar-refractivity contribution is 7.90. The first-order chi connectivity index (χ1) is 14.0. The van der Waals surface area contributed by atoms with Gasteiger partial charge in [0, 0.05) is 17.8 Å². The Morgan fingerprint density at radius 3 is 2.41 bits per heavy atom. The van der Waals surface area contributed by atoms with Crippen molar-refractivity contribution in [1.29, 1.82) is 5.26 Å². The van der Waals surface area contributed by atoms with Gasteiger partial charge in [0.15, 0.2) is 9.84 Å². The minimum atomic E-state index is -3.25. The quantitative estimate of drug-likeness (QED) is 0.483. The van der Waals surface area contributed by atoms with Crippen LogP contribution in [0.15, 0.2) is 83.9 Å². The van der Waals surface area contributed by atoms with Gasteiger partial charge in [-0.15, -0.1) is 0 Å². The van der Waals surface area contributed by atoms with E-state index in [1.807, 2.05) is 42.5 Å². The van der Waals surface area contributed by atoms with Gasteiger partial charge in [-0.3, -0.25) is 4.98 Å². The molecule has 6 heteroatoms. The van der Waals surface area contributed by atoms with Crippen molar-refractivity contribution in [2.75, 3.05) is 6.26 Å². The number of para-hydroxylation sites is 1. The van der Waals surface area contributed by atoms with Crippen LogP contribution in [0.2, 0.25) is 0 Å². The van der Waals surface area contributed by atoms with Crippen LogP contribution in [0.5, 0.6) is 11.5 Å². The molecule has 0 atom stereocenters. The maximum atomic E-state index is 11.6. The second-order valence-corrected chi connectivity index (χ2v) is 8.56. The molecule has 0 unspecified atom stereocenters. The highest BCUT2D eigenvalue weighted by Crippen LogP contribution is 2.32. The molecule has 0 amide bonds. The fourth-order valence-corrected chi connectivity index (χ4v) is 3.77. The molecule has 0 N–H and O–H groups in total. The summed E-state index contributed by atoms with van der Waals surface area (Å²) in [5, 5.41) is 10.2.